The van der Waals surface area contributed by atoms with Gasteiger partial charge in [-0.3, -0.25) is 4.98 Å². The van der Waals surface area contributed by atoms with Gasteiger partial charge in [-0.25, -0.2) is 4.79 Å². The zero-order valence-corrected chi connectivity index (χ0v) is 15.3. The van der Waals surface area contributed by atoms with Crippen LogP contribution in [0.1, 0.15) is 6.92 Å². The van der Waals surface area contributed by atoms with Crippen LogP contribution >= 0.6 is 23.2 Å². The molecule has 4 rings (SSSR count). The number of benzene rings is 1. The average Bonchev–Trinajstić information content (AvgIpc) is 3.05. The van der Waals surface area contributed by atoms with E-state index in [0.29, 0.717) is 51.6 Å². The van der Waals surface area contributed by atoms with Crippen molar-refractivity contribution in [2.75, 3.05) is 18.0 Å². The average molecular weight is 389 g/mol. The number of oxazole rings is 1. The Morgan fingerprint density at radius 2 is 2.15 bits per heavy atom. The number of carbonyl (C=O) groups excluding carboxylic acids is 1. The molecule has 1 atom stereocenters. The van der Waals surface area contributed by atoms with Gasteiger partial charge in [-0.1, -0.05) is 23.2 Å². The van der Waals surface area contributed by atoms with Gasteiger partial charge in [0.1, 0.15) is 17.2 Å². The van der Waals surface area contributed by atoms with E-state index in [1.54, 1.807) is 30.5 Å². The largest absolute Gasteiger partial charge is 0.423 e. The Morgan fingerprint density at radius 1 is 1.31 bits per heavy atom. The molecule has 2 aromatic heterocycles. The maximum absolute atomic E-state index is 11.1. The molecular weight excluding hydrogens is 375 g/mol. The number of hydrogen-bond donors (Lipinski definition) is 1. The first-order valence-corrected chi connectivity index (χ1v) is 8.80. The fourth-order valence-electron chi connectivity index (χ4n) is 3.03. The number of rotatable bonds is 2. The lowest BCUT2D eigenvalue weighted by Gasteiger charge is -2.33. The summed E-state index contributed by atoms with van der Waals surface area (Å²) in [6.45, 7) is 3.16. The van der Waals surface area contributed by atoms with Gasteiger partial charge >= 0.3 is 0 Å². The standard InChI is InChI=1S/C18H14Cl2N4O2/c1-10-16(9-25)21-4-5-24(10)18-23-15-7-12(20)6-13(17(15)26-18)14-3-2-11(19)8-22-14/h2-3,6-8,10,21H,4-5H2,1H3. The first kappa shape index (κ1) is 16.9. The van der Waals surface area contributed by atoms with E-state index >= 15 is 0 Å². The molecule has 1 unspecified atom stereocenters. The minimum Gasteiger partial charge on any atom is -0.423 e. The zero-order valence-electron chi connectivity index (χ0n) is 13.8. The second kappa shape index (κ2) is 6.65. The molecular formula is C18H14Cl2N4O2. The number of piperazine rings is 1. The summed E-state index contributed by atoms with van der Waals surface area (Å²) in [6.07, 6.45) is 1.57. The monoisotopic (exact) mass is 388 g/mol. The van der Waals surface area contributed by atoms with Gasteiger partial charge in [0.15, 0.2) is 5.58 Å². The minimum absolute atomic E-state index is 0.207. The van der Waals surface area contributed by atoms with Gasteiger partial charge in [-0.15, -0.1) is 0 Å². The van der Waals surface area contributed by atoms with Crippen LogP contribution in [0.25, 0.3) is 22.4 Å². The van der Waals surface area contributed by atoms with Crippen LogP contribution in [0.4, 0.5) is 6.01 Å². The van der Waals surface area contributed by atoms with Gasteiger partial charge in [-0.05, 0) is 31.2 Å². The summed E-state index contributed by atoms with van der Waals surface area (Å²) in [4.78, 5) is 21.9. The lowest BCUT2D eigenvalue weighted by Crippen LogP contribution is -2.48. The SMILES string of the molecule is CC1C(=C=O)NCCN1c1nc2cc(Cl)cc(-c3ccc(Cl)cn3)c2o1. The number of pyridine rings is 1. The van der Waals surface area contributed by atoms with Gasteiger partial charge in [0.05, 0.1) is 16.8 Å². The molecule has 1 aliphatic rings. The van der Waals surface area contributed by atoms with Gasteiger partial charge in [0.25, 0.3) is 6.01 Å². The van der Waals surface area contributed by atoms with Crippen LogP contribution in [0, 0.1) is 0 Å². The highest BCUT2D eigenvalue weighted by Crippen LogP contribution is 2.35. The van der Waals surface area contributed by atoms with Crippen LogP contribution in [0.5, 0.6) is 0 Å². The molecule has 1 N–H and O–H groups in total. The summed E-state index contributed by atoms with van der Waals surface area (Å²) in [5.74, 6) is 1.94. The van der Waals surface area contributed by atoms with E-state index in [4.69, 9.17) is 27.6 Å². The highest BCUT2D eigenvalue weighted by molar-refractivity contribution is 6.32. The van der Waals surface area contributed by atoms with Crippen LogP contribution in [-0.2, 0) is 4.79 Å². The number of fused-ring (bicyclic) bond motifs is 1. The maximum Gasteiger partial charge on any atom is 0.299 e. The number of aromatic nitrogens is 2. The van der Waals surface area contributed by atoms with E-state index < -0.39 is 0 Å². The number of nitrogens with one attached hydrogen (secondary N) is 1. The lowest BCUT2D eigenvalue weighted by molar-refractivity contribution is 0.496. The number of anilines is 1. The Hall–Kier alpha value is -2.53. The quantitative estimate of drug-likeness (QED) is 0.674. The second-order valence-electron chi connectivity index (χ2n) is 5.97. The van der Waals surface area contributed by atoms with Crippen LogP contribution in [0.3, 0.4) is 0 Å². The predicted octanol–water partition coefficient (Wildman–Crippen LogP) is 3.71. The predicted molar refractivity (Wildman–Crippen MR) is 101 cm³/mol. The molecule has 0 radical (unpaired) electrons. The third-order valence-corrected chi connectivity index (χ3v) is 4.80. The zero-order chi connectivity index (χ0) is 18.3. The molecule has 3 aromatic rings. The molecule has 0 spiro atoms. The molecule has 0 amide bonds. The van der Waals surface area contributed by atoms with Crippen LogP contribution in [0.2, 0.25) is 10.0 Å². The maximum atomic E-state index is 11.1. The normalized spacial score (nSPS) is 17.3. The summed E-state index contributed by atoms with van der Waals surface area (Å²) >= 11 is 12.2. The molecule has 26 heavy (non-hydrogen) atoms. The van der Waals surface area contributed by atoms with E-state index in [-0.39, 0.29) is 6.04 Å². The summed E-state index contributed by atoms with van der Waals surface area (Å²) < 4.78 is 6.05. The Kier molecular flexibility index (Phi) is 4.32. The van der Waals surface area contributed by atoms with Crippen molar-refractivity contribution in [3.8, 4) is 11.3 Å². The smallest absolute Gasteiger partial charge is 0.299 e. The fourth-order valence-corrected chi connectivity index (χ4v) is 3.35. The van der Waals surface area contributed by atoms with Crippen molar-refractivity contribution in [2.24, 2.45) is 0 Å². The third kappa shape index (κ3) is 2.92. The third-order valence-electron chi connectivity index (χ3n) is 4.36. The fraction of sp³-hybridized carbons (Fsp3) is 0.222. The summed E-state index contributed by atoms with van der Waals surface area (Å²) in [6, 6.07) is 7.31. The molecule has 1 aliphatic heterocycles. The Morgan fingerprint density at radius 3 is 2.88 bits per heavy atom. The van der Waals surface area contributed by atoms with Crippen molar-refractivity contribution >= 4 is 46.3 Å². The van der Waals surface area contributed by atoms with Crippen molar-refractivity contribution in [1.82, 2.24) is 15.3 Å². The summed E-state index contributed by atoms with van der Waals surface area (Å²) in [7, 11) is 0. The number of hydrogen-bond acceptors (Lipinski definition) is 6. The Bertz CT molecular complexity index is 1030. The molecule has 0 saturated carbocycles. The topological polar surface area (TPSA) is 71.3 Å². The molecule has 3 heterocycles. The van der Waals surface area contributed by atoms with Crippen molar-refractivity contribution in [1.29, 1.82) is 0 Å². The molecule has 132 valence electrons. The van der Waals surface area contributed by atoms with E-state index in [1.165, 1.54) is 0 Å². The van der Waals surface area contributed by atoms with Crippen LogP contribution in [0.15, 0.2) is 40.6 Å². The van der Waals surface area contributed by atoms with E-state index in [1.807, 2.05) is 17.8 Å². The van der Waals surface area contributed by atoms with Crippen molar-refractivity contribution in [3.05, 3.63) is 46.2 Å². The highest BCUT2D eigenvalue weighted by atomic mass is 35.5. The molecule has 8 heteroatoms. The molecule has 0 aliphatic carbocycles. The molecule has 1 fully saturated rings. The molecule has 1 aromatic carbocycles. The molecule has 6 nitrogen and oxygen atoms in total. The Balaban J connectivity index is 1.83. The molecule has 0 bridgehead atoms. The number of halogens is 2. The van der Waals surface area contributed by atoms with Gasteiger partial charge in [-0.2, -0.15) is 4.98 Å². The highest BCUT2D eigenvalue weighted by Gasteiger charge is 2.28. The van der Waals surface area contributed by atoms with Gasteiger partial charge in [0, 0.05) is 29.9 Å². The van der Waals surface area contributed by atoms with Gasteiger partial charge < -0.3 is 14.6 Å². The van der Waals surface area contributed by atoms with Crippen LogP contribution in [-0.4, -0.2) is 35.0 Å². The van der Waals surface area contributed by atoms with Gasteiger partial charge in [0.2, 0.25) is 0 Å². The van der Waals surface area contributed by atoms with E-state index in [0.717, 1.165) is 5.56 Å². The summed E-state index contributed by atoms with van der Waals surface area (Å²) in [5, 5.41) is 4.12. The first-order chi connectivity index (χ1) is 12.6. The van der Waals surface area contributed by atoms with Crippen molar-refractivity contribution < 1.29 is 9.21 Å². The number of nitrogens with zero attached hydrogens (tertiary/aromatic N) is 3. The minimum atomic E-state index is -0.207. The van der Waals surface area contributed by atoms with Crippen LogP contribution < -0.4 is 10.2 Å². The van der Waals surface area contributed by atoms with E-state index in [2.05, 4.69) is 15.3 Å². The first-order valence-electron chi connectivity index (χ1n) is 8.04. The second-order valence-corrected chi connectivity index (χ2v) is 6.84. The Labute approximate surface area is 159 Å². The van der Waals surface area contributed by atoms with Crippen molar-refractivity contribution in [2.45, 2.75) is 13.0 Å². The van der Waals surface area contributed by atoms with Crippen molar-refractivity contribution in [3.63, 3.8) is 0 Å². The van der Waals surface area contributed by atoms with E-state index in [9.17, 15) is 4.79 Å². The summed E-state index contributed by atoms with van der Waals surface area (Å²) in [5.41, 5.74) is 3.11. The lowest BCUT2D eigenvalue weighted by atomic mass is 10.1. The molecule has 1 saturated heterocycles.